The molecular weight excluding hydrogens is 200 g/mol. The number of hydrogen-bond donors (Lipinski definition) is 2. The highest BCUT2D eigenvalue weighted by Crippen LogP contribution is 2.05. The maximum atomic E-state index is 10.7. The van der Waals surface area contributed by atoms with Crippen LogP contribution in [0.5, 0.6) is 0 Å². The molecule has 0 aliphatic heterocycles. The molecule has 0 aromatic carbocycles. The molecule has 3 N–H and O–H groups in total. The van der Waals surface area contributed by atoms with Gasteiger partial charge in [-0.3, -0.25) is 9.35 Å². The van der Waals surface area contributed by atoms with E-state index in [1.807, 2.05) is 0 Å². The van der Waals surface area contributed by atoms with Crippen molar-refractivity contribution in [3.8, 4) is 0 Å². The summed E-state index contributed by atoms with van der Waals surface area (Å²) in [4.78, 5) is 13.9. The summed E-state index contributed by atoms with van der Waals surface area (Å²) in [5.74, 6) is -0.986. The SMILES string of the molecule is CC(=O)n1nc(S(=O)(=O)O)nc1N. The molecule has 0 bridgehead atoms. The van der Waals surface area contributed by atoms with Gasteiger partial charge in [0.1, 0.15) is 0 Å². The number of hydrogen-bond acceptors (Lipinski definition) is 6. The van der Waals surface area contributed by atoms with Crippen LogP contribution in [0.2, 0.25) is 0 Å². The number of anilines is 1. The van der Waals surface area contributed by atoms with E-state index >= 15 is 0 Å². The van der Waals surface area contributed by atoms with Crippen LogP contribution in [-0.2, 0) is 10.1 Å². The van der Waals surface area contributed by atoms with Gasteiger partial charge < -0.3 is 5.73 Å². The highest BCUT2D eigenvalue weighted by Gasteiger charge is 2.19. The Morgan fingerprint density at radius 1 is 1.62 bits per heavy atom. The van der Waals surface area contributed by atoms with Crippen LogP contribution in [0.25, 0.3) is 0 Å². The van der Waals surface area contributed by atoms with Gasteiger partial charge in [0, 0.05) is 6.92 Å². The monoisotopic (exact) mass is 206 g/mol. The highest BCUT2D eigenvalue weighted by molar-refractivity contribution is 7.85. The zero-order valence-corrected chi connectivity index (χ0v) is 7.32. The average Bonchev–Trinajstić information content (AvgIpc) is 2.29. The van der Waals surface area contributed by atoms with Crippen molar-refractivity contribution >= 4 is 22.0 Å². The van der Waals surface area contributed by atoms with Crippen molar-refractivity contribution in [2.75, 3.05) is 5.73 Å². The van der Waals surface area contributed by atoms with E-state index in [1.165, 1.54) is 0 Å². The molecule has 1 rings (SSSR count). The molecule has 1 aromatic rings. The predicted molar refractivity (Wildman–Crippen MR) is 40.5 cm³/mol. The Bertz CT molecular complexity index is 447. The quantitative estimate of drug-likeness (QED) is 0.550. The van der Waals surface area contributed by atoms with Gasteiger partial charge in [0.15, 0.2) is 0 Å². The Hall–Kier alpha value is -1.48. The fraction of sp³-hybridized carbons (Fsp3) is 0.250. The molecule has 13 heavy (non-hydrogen) atoms. The lowest BCUT2D eigenvalue weighted by atomic mass is 10.7. The second-order valence-corrected chi connectivity index (χ2v) is 3.47. The number of rotatable bonds is 1. The van der Waals surface area contributed by atoms with Crippen molar-refractivity contribution in [3.63, 3.8) is 0 Å². The fourth-order valence-electron chi connectivity index (χ4n) is 0.645. The number of nitrogens with two attached hydrogens (primary N) is 1. The molecule has 0 unspecified atom stereocenters. The third-order valence-corrected chi connectivity index (χ3v) is 1.78. The van der Waals surface area contributed by atoms with Gasteiger partial charge in [-0.15, -0.1) is 5.10 Å². The van der Waals surface area contributed by atoms with Gasteiger partial charge in [-0.05, 0) is 0 Å². The van der Waals surface area contributed by atoms with Gasteiger partial charge in [-0.1, -0.05) is 0 Å². The summed E-state index contributed by atoms with van der Waals surface area (Å²) < 4.78 is 30.0. The second-order valence-electron chi connectivity index (χ2n) is 2.16. The molecule has 0 amide bonds. The molecule has 0 fully saturated rings. The number of aromatic nitrogens is 3. The molecule has 0 spiro atoms. The first-order valence-corrected chi connectivity index (χ1v) is 4.47. The van der Waals surface area contributed by atoms with Gasteiger partial charge in [0.05, 0.1) is 0 Å². The normalized spacial score (nSPS) is 11.5. The minimum Gasteiger partial charge on any atom is -0.368 e. The smallest absolute Gasteiger partial charge is 0.332 e. The van der Waals surface area contributed by atoms with E-state index in [1.54, 1.807) is 0 Å². The van der Waals surface area contributed by atoms with Crippen molar-refractivity contribution < 1.29 is 17.8 Å². The molecule has 1 aromatic heterocycles. The average molecular weight is 206 g/mol. The van der Waals surface area contributed by atoms with Gasteiger partial charge in [0.2, 0.25) is 11.9 Å². The summed E-state index contributed by atoms with van der Waals surface area (Å²) in [6, 6.07) is 0. The maximum absolute atomic E-state index is 10.7. The van der Waals surface area contributed by atoms with Crippen LogP contribution in [0.4, 0.5) is 5.95 Å². The number of nitrogen functional groups attached to an aromatic ring is 1. The number of carbonyl (C=O) groups excluding carboxylic acids is 1. The van der Waals surface area contributed by atoms with E-state index < -0.39 is 21.2 Å². The van der Waals surface area contributed by atoms with Crippen LogP contribution < -0.4 is 5.73 Å². The van der Waals surface area contributed by atoms with Gasteiger partial charge in [-0.2, -0.15) is 18.1 Å². The summed E-state index contributed by atoms with van der Waals surface area (Å²) in [6.07, 6.45) is 0. The first kappa shape index (κ1) is 9.61. The Balaban J connectivity index is 3.33. The van der Waals surface area contributed by atoms with E-state index in [4.69, 9.17) is 10.3 Å². The minimum atomic E-state index is -4.51. The number of nitrogens with zero attached hydrogens (tertiary/aromatic N) is 3. The zero-order valence-electron chi connectivity index (χ0n) is 6.50. The van der Waals surface area contributed by atoms with E-state index in [-0.39, 0.29) is 5.95 Å². The van der Waals surface area contributed by atoms with Gasteiger partial charge in [-0.25, -0.2) is 0 Å². The maximum Gasteiger partial charge on any atom is 0.332 e. The van der Waals surface area contributed by atoms with Crippen LogP contribution in [0.15, 0.2) is 5.16 Å². The lowest BCUT2D eigenvalue weighted by Crippen LogP contribution is -2.11. The lowest BCUT2D eigenvalue weighted by molar-refractivity contribution is 0.0922. The fourth-order valence-corrected chi connectivity index (χ4v) is 1.04. The second kappa shape index (κ2) is 2.78. The van der Waals surface area contributed by atoms with Gasteiger partial charge >= 0.3 is 10.1 Å². The first-order chi connectivity index (χ1) is 5.82. The van der Waals surface area contributed by atoms with Crippen LogP contribution in [0, 0.1) is 0 Å². The largest absolute Gasteiger partial charge is 0.368 e. The van der Waals surface area contributed by atoms with E-state index in [2.05, 4.69) is 10.1 Å². The molecule has 0 radical (unpaired) electrons. The van der Waals surface area contributed by atoms with Crippen molar-refractivity contribution in [2.24, 2.45) is 0 Å². The third-order valence-electron chi connectivity index (χ3n) is 1.14. The molecule has 8 nitrogen and oxygen atoms in total. The van der Waals surface area contributed by atoms with Crippen molar-refractivity contribution in [1.29, 1.82) is 0 Å². The van der Waals surface area contributed by atoms with Crippen molar-refractivity contribution in [2.45, 2.75) is 12.1 Å². The molecule has 0 aliphatic carbocycles. The van der Waals surface area contributed by atoms with E-state index in [0.717, 1.165) is 6.92 Å². The molecule has 9 heteroatoms. The van der Waals surface area contributed by atoms with Crippen molar-refractivity contribution in [3.05, 3.63) is 0 Å². The molecule has 0 saturated carbocycles. The predicted octanol–water partition coefficient (Wildman–Crippen LogP) is -1.23. The highest BCUT2D eigenvalue weighted by atomic mass is 32.2. The first-order valence-electron chi connectivity index (χ1n) is 3.03. The summed E-state index contributed by atoms with van der Waals surface area (Å²) in [5, 5.41) is 2.28. The molecular formula is C4H6N4O4S. The van der Waals surface area contributed by atoms with Crippen molar-refractivity contribution in [1.82, 2.24) is 14.8 Å². The molecule has 0 atom stereocenters. The minimum absolute atomic E-state index is 0.389. The third kappa shape index (κ3) is 1.81. The summed E-state index contributed by atoms with van der Waals surface area (Å²) in [7, 11) is -4.51. The Morgan fingerprint density at radius 3 is 2.38 bits per heavy atom. The molecule has 0 aliphatic rings. The van der Waals surface area contributed by atoms with Crippen LogP contribution in [0.1, 0.15) is 11.7 Å². The van der Waals surface area contributed by atoms with Crippen LogP contribution in [-0.4, -0.2) is 33.6 Å². The molecule has 1 heterocycles. The van der Waals surface area contributed by atoms with Crippen LogP contribution in [0.3, 0.4) is 0 Å². The van der Waals surface area contributed by atoms with E-state index in [0.29, 0.717) is 4.68 Å². The van der Waals surface area contributed by atoms with Gasteiger partial charge in [0.25, 0.3) is 5.16 Å². The summed E-state index contributed by atoms with van der Waals surface area (Å²) in [6.45, 7) is 1.12. The lowest BCUT2D eigenvalue weighted by Gasteiger charge is -1.91. The van der Waals surface area contributed by atoms with E-state index in [9.17, 15) is 13.2 Å². The standard InChI is InChI=1S/C4H6N4O4S/c1-2(9)8-3(5)6-4(7-8)13(10,11)12/h1H3,(H2,5,6,7)(H,10,11,12). The Labute approximate surface area is 73.1 Å². The Morgan fingerprint density at radius 2 is 2.15 bits per heavy atom. The summed E-state index contributed by atoms with van der Waals surface area (Å²) >= 11 is 0. The molecule has 0 saturated heterocycles. The number of carbonyl (C=O) groups is 1. The van der Waals surface area contributed by atoms with Crippen LogP contribution >= 0.6 is 0 Å². The summed E-state index contributed by atoms with van der Waals surface area (Å²) in [5.41, 5.74) is 5.13. The Kier molecular flexibility index (Phi) is 2.05. The zero-order chi connectivity index (χ0) is 10.2. The molecule has 72 valence electrons. The topological polar surface area (TPSA) is 128 Å².